The topological polar surface area (TPSA) is 90.9 Å². The molecular formula is C32H38F3N3O4. The number of carbonyl (C=O) groups excluding carboxylic acids is 2. The number of rotatable bonds is 15. The van der Waals surface area contributed by atoms with Crippen LogP contribution in [0, 0.1) is 0 Å². The highest BCUT2D eigenvalue weighted by Gasteiger charge is 2.31. The average Bonchev–Trinajstić information content (AvgIpc) is 2.96. The van der Waals surface area contributed by atoms with Crippen molar-refractivity contribution in [3.8, 4) is 5.75 Å². The van der Waals surface area contributed by atoms with E-state index in [1.807, 2.05) is 44.2 Å². The van der Waals surface area contributed by atoms with Gasteiger partial charge in [0.25, 0.3) is 11.8 Å². The highest BCUT2D eigenvalue weighted by molar-refractivity contribution is 5.99. The third kappa shape index (κ3) is 10.5. The van der Waals surface area contributed by atoms with Crippen LogP contribution in [0.5, 0.6) is 5.75 Å². The first-order valence-electron chi connectivity index (χ1n) is 14.1. The number of halogens is 3. The molecule has 42 heavy (non-hydrogen) atoms. The second-order valence-electron chi connectivity index (χ2n) is 10.0. The fourth-order valence-corrected chi connectivity index (χ4v) is 4.59. The van der Waals surface area contributed by atoms with E-state index in [1.165, 1.54) is 18.2 Å². The minimum Gasteiger partial charge on any atom is -0.406 e. The Bertz CT molecular complexity index is 1280. The molecule has 0 radical (unpaired) electrons. The number of amides is 2. The Hall–Kier alpha value is -3.89. The minimum absolute atomic E-state index is 0.0592. The highest BCUT2D eigenvalue weighted by atomic mass is 19.4. The molecule has 0 saturated carbocycles. The summed E-state index contributed by atoms with van der Waals surface area (Å²) in [7, 11) is 0. The zero-order valence-electron chi connectivity index (χ0n) is 23.9. The Morgan fingerprint density at radius 1 is 0.881 bits per heavy atom. The van der Waals surface area contributed by atoms with Gasteiger partial charge in [-0.2, -0.15) is 0 Å². The molecule has 0 aliphatic rings. The predicted octanol–water partition coefficient (Wildman–Crippen LogP) is 5.34. The van der Waals surface area contributed by atoms with E-state index in [4.69, 9.17) is 0 Å². The molecule has 0 heterocycles. The maximum atomic E-state index is 13.3. The minimum atomic E-state index is -4.79. The molecule has 226 valence electrons. The first kappa shape index (κ1) is 32.6. The van der Waals surface area contributed by atoms with Crippen molar-refractivity contribution in [2.75, 3.05) is 19.6 Å². The summed E-state index contributed by atoms with van der Waals surface area (Å²) in [6.07, 6.45) is -3.83. The fraction of sp³-hybridized carbons (Fsp3) is 0.375. The Morgan fingerprint density at radius 3 is 2.19 bits per heavy atom. The van der Waals surface area contributed by atoms with Gasteiger partial charge in [-0.05, 0) is 60.7 Å². The molecule has 0 bridgehead atoms. The van der Waals surface area contributed by atoms with Gasteiger partial charge in [0, 0.05) is 37.3 Å². The second-order valence-corrected chi connectivity index (χ2v) is 10.0. The third-order valence-corrected chi connectivity index (χ3v) is 6.54. The lowest BCUT2D eigenvalue weighted by Gasteiger charge is -2.25. The number of benzene rings is 3. The summed E-state index contributed by atoms with van der Waals surface area (Å²) >= 11 is 0. The number of alkyl halides is 3. The van der Waals surface area contributed by atoms with Crippen molar-refractivity contribution in [1.29, 1.82) is 0 Å². The molecule has 0 spiro atoms. The molecule has 0 aliphatic carbocycles. The van der Waals surface area contributed by atoms with Gasteiger partial charge in [0.1, 0.15) is 5.75 Å². The van der Waals surface area contributed by atoms with Crippen molar-refractivity contribution in [3.05, 3.63) is 101 Å². The Labute approximate surface area is 244 Å². The SMILES string of the molecule is CCCN(CCC)C(=O)c1cccc(C(=O)N[C@@H](Cc2ccccc2)[C@H](O)CNCc2cccc(OC(F)(F)F)c2)c1. The van der Waals surface area contributed by atoms with Crippen LogP contribution in [0.2, 0.25) is 0 Å². The smallest absolute Gasteiger partial charge is 0.406 e. The van der Waals surface area contributed by atoms with Crippen LogP contribution in [-0.2, 0) is 13.0 Å². The zero-order valence-corrected chi connectivity index (χ0v) is 23.9. The van der Waals surface area contributed by atoms with E-state index in [9.17, 15) is 27.9 Å². The fourth-order valence-electron chi connectivity index (χ4n) is 4.59. The number of ether oxygens (including phenoxy) is 1. The van der Waals surface area contributed by atoms with Gasteiger partial charge in [-0.25, -0.2) is 0 Å². The van der Waals surface area contributed by atoms with Gasteiger partial charge >= 0.3 is 6.36 Å². The Morgan fingerprint density at radius 2 is 1.52 bits per heavy atom. The molecule has 7 nitrogen and oxygen atoms in total. The summed E-state index contributed by atoms with van der Waals surface area (Å²) in [6.45, 7) is 5.50. The van der Waals surface area contributed by atoms with E-state index < -0.39 is 24.4 Å². The van der Waals surface area contributed by atoms with Crippen LogP contribution in [0.1, 0.15) is 58.5 Å². The van der Waals surface area contributed by atoms with E-state index in [0.29, 0.717) is 36.2 Å². The molecule has 0 aliphatic heterocycles. The number of nitrogens with one attached hydrogen (secondary N) is 2. The average molecular weight is 586 g/mol. The lowest BCUT2D eigenvalue weighted by molar-refractivity contribution is -0.274. The van der Waals surface area contributed by atoms with Crippen molar-refractivity contribution >= 4 is 11.8 Å². The number of hydrogen-bond acceptors (Lipinski definition) is 5. The summed E-state index contributed by atoms with van der Waals surface area (Å²) in [5.74, 6) is -0.896. The highest BCUT2D eigenvalue weighted by Crippen LogP contribution is 2.23. The summed E-state index contributed by atoms with van der Waals surface area (Å²) < 4.78 is 41.7. The van der Waals surface area contributed by atoms with Gasteiger partial charge in [0.05, 0.1) is 12.1 Å². The maximum absolute atomic E-state index is 13.3. The summed E-state index contributed by atoms with van der Waals surface area (Å²) in [4.78, 5) is 28.2. The van der Waals surface area contributed by atoms with Crippen LogP contribution in [0.3, 0.4) is 0 Å². The van der Waals surface area contributed by atoms with Crippen molar-refractivity contribution in [3.63, 3.8) is 0 Å². The molecule has 0 aromatic heterocycles. The van der Waals surface area contributed by atoms with E-state index in [1.54, 1.807) is 35.2 Å². The lowest BCUT2D eigenvalue weighted by Crippen LogP contribution is -2.48. The van der Waals surface area contributed by atoms with Crippen LogP contribution >= 0.6 is 0 Å². The Balaban J connectivity index is 1.70. The molecule has 3 aromatic carbocycles. The molecule has 0 unspecified atom stereocenters. The number of nitrogens with zero attached hydrogens (tertiary/aromatic N) is 1. The van der Waals surface area contributed by atoms with Crippen molar-refractivity contribution < 1.29 is 32.6 Å². The standard InChI is InChI=1S/C32H38F3N3O4/c1-3-16-38(17-4-2)31(41)26-14-9-13-25(20-26)30(40)37-28(19-23-10-6-5-7-11-23)29(39)22-36-21-24-12-8-15-27(18-24)42-32(33,34)35/h5-15,18,20,28-29,36,39H,3-4,16-17,19,21-22H2,1-2H3,(H,37,40)/t28-,29+/m0/s1. The summed E-state index contributed by atoms with van der Waals surface area (Å²) in [5, 5.41) is 17.0. The summed E-state index contributed by atoms with van der Waals surface area (Å²) in [6, 6.07) is 20.8. The first-order chi connectivity index (χ1) is 20.1. The molecule has 3 aromatic rings. The third-order valence-electron chi connectivity index (χ3n) is 6.54. The number of carbonyl (C=O) groups is 2. The van der Waals surface area contributed by atoms with Crippen LogP contribution < -0.4 is 15.4 Å². The second kappa shape index (κ2) is 15.9. The van der Waals surface area contributed by atoms with Gasteiger partial charge in [0.15, 0.2) is 0 Å². The van der Waals surface area contributed by atoms with Crippen LogP contribution in [-0.4, -0.2) is 60.0 Å². The van der Waals surface area contributed by atoms with E-state index >= 15 is 0 Å². The normalized spacial score (nSPS) is 12.8. The number of aliphatic hydroxyl groups is 1. The molecule has 2 atom stereocenters. The number of hydrogen-bond donors (Lipinski definition) is 3. The van der Waals surface area contributed by atoms with Gasteiger partial charge in [-0.3, -0.25) is 9.59 Å². The maximum Gasteiger partial charge on any atom is 0.573 e. The van der Waals surface area contributed by atoms with Crippen molar-refractivity contribution in [2.24, 2.45) is 0 Å². The quantitative estimate of drug-likeness (QED) is 0.224. The van der Waals surface area contributed by atoms with E-state index in [2.05, 4.69) is 15.4 Å². The zero-order chi connectivity index (χ0) is 30.5. The van der Waals surface area contributed by atoms with Gasteiger partial charge in [-0.1, -0.05) is 62.4 Å². The van der Waals surface area contributed by atoms with E-state index in [-0.39, 0.29) is 24.7 Å². The largest absolute Gasteiger partial charge is 0.573 e. The molecular weight excluding hydrogens is 547 g/mol. The predicted molar refractivity (Wildman–Crippen MR) is 155 cm³/mol. The molecule has 0 fully saturated rings. The van der Waals surface area contributed by atoms with Gasteiger partial charge < -0.3 is 25.4 Å². The monoisotopic (exact) mass is 585 g/mol. The molecule has 0 saturated heterocycles. The molecule has 2 amide bonds. The van der Waals surface area contributed by atoms with E-state index in [0.717, 1.165) is 18.4 Å². The number of aliphatic hydroxyl groups excluding tert-OH is 1. The van der Waals surface area contributed by atoms with Crippen LogP contribution in [0.15, 0.2) is 78.9 Å². The Kier molecular flexibility index (Phi) is 12.4. The van der Waals surface area contributed by atoms with Crippen LogP contribution in [0.25, 0.3) is 0 Å². The molecule has 3 N–H and O–H groups in total. The lowest BCUT2D eigenvalue weighted by atomic mass is 10.00. The van der Waals surface area contributed by atoms with Crippen LogP contribution in [0.4, 0.5) is 13.2 Å². The van der Waals surface area contributed by atoms with Crippen molar-refractivity contribution in [1.82, 2.24) is 15.5 Å². The molecule has 10 heteroatoms. The van der Waals surface area contributed by atoms with Gasteiger partial charge in [0.2, 0.25) is 0 Å². The first-order valence-corrected chi connectivity index (χ1v) is 14.1. The molecule has 3 rings (SSSR count). The van der Waals surface area contributed by atoms with Gasteiger partial charge in [-0.15, -0.1) is 13.2 Å². The summed E-state index contributed by atoms with van der Waals surface area (Å²) in [5.41, 5.74) is 2.16. The van der Waals surface area contributed by atoms with Crippen molar-refractivity contribution in [2.45, 2.75) is 58.2 Å².